The van der Waals surface area contributed by atoms with E-state index in [1.165, 1.54) is 22.8 Å². The van der Waals surface area contributed by atoms with E-state index in [2.05, 4.69) is 26.7 Å². The van der Waals surface area contributed by atoms with Crippen molar-refractivity contribution in [3.05, 3.63) is 88.9 Å². The maximum Gasteiger partial charge on any atom is 0.248 e. The van der Waals surface area contributed by atoms with Crippen LogP contribution in [0.1, 0.15) is 30.5 Å². The molecule has 14 heteroatoms. The van der Waals surface area contributed by atoms with Gasteiger partial charge in [-0.2, -0.15) is 5.26 Å². The van der Waals surface area contributed by atoms with Crippen molar-refractivity contribution in [3.8, 4) is 17.6 Å². The Balaban J connectivity index is 1.28. The zero-order valence-corrected chi connectivity index (χ0v) is 27.7. The lowest BCUT2D eigenvalue weighted by atomic mass is 10.0. The minimum absolute atomic E-state index is 0.201. The number of aromatic nitrogens is 2. The van der Waals surface area contributed by atoms with Crippen molar-refractivity contribution in [2.45, 2.75) is 32.0 Å². The van der Waals surface area contributed by atoms with Gasteiger partial charge in [0.25, 0.3) is 0 Å². The minimum Gasteiger partial charge on any atom is -0.486 e. The van der Waals surface area contributed by atoms with Crippen molar-refractivity contribution in [2.75, 3.05) is 43.2 Å². The van der Waals surface area contributed by atoms with Gasteiger partial charge in [0.05, 0.1) is 52.6 Å². The fraction of sp³-hybridized carbons (Fsp3) is 0.294. The molecular formula is C34H33ClN6O6S. The molecule has 0 saturated carbocycles. The van der Waals surface area contributed by atoms with Crippen LogP contribution in [0.5, 0.6) is 11.5 Å². The number of amides is 1. The summed E-state index contributed by atoms with van der Waals surface area (Å²) < 4.78 is 42.8. The second-order valence-corrected chi connectivity index (χ2v) is 13.9. The molecule has 4 heterocycles. The Morgan fingerprint density at radius 1 is 1.17 bits per heavy atom. The lowest BCUT2D eigenvalue weighted by Crippen LogP contribution is -2.35. The highest BCUT2D eigenvalue weighted by Gasteiger charge is 2.24. The Morgan fingerprint density at radius 3 is 2.69 bits per heavy atom. The summed E-state index contributed by atoms with van der Waals surface area (Å²) in [5.74, 6) is 0.515. The first-order valence-corrected chi connectivity index (χ1v) is 17.5. The van der Waals surface area contributed by atoms with Crippen LogP contribution in [-0.4, -0.2) is 67.3 Å². The number of nitrogens with zero attached hydrogens (tertiary/aromatic N) is 4. The Hall–Kier alpha value is -4.74. The van der Waals surface area contributed by atoms with E-state index in [1.807, 2.05) is 18.2 Å². The molecule has 0 spiro atoms. The summed E-state index contributed by atoms with van der Waals surface area (Å²) in [7, 11) is -3.29. The molecule has 2 N–H and O–H groups in total. The molecule has 0 aliphatic carbocycles. The first kappa shape index (κ1) is 33.2. The summed E-state index contributed by atoms with van der Waals surface area (Å²) in [5.41, 5.74) is 3.89. The van der Waals surface area contributed by atoms with Gasteiger partial charge in [0.2, 0.25) is 15.9 Å². The summed E-state index contributed by atoms with van der Waals surface area (Å²) in [6.07, 6.45) is 7.28. The van der Waals surface area contributed by atoms with E-state index in [4.69, 9.17) is 25.8 Å². The third kappa shape index (κ3) is 8.03. The molecule has 1 amide bonds. The van der Waals surface area contributed by atoms with Crippen LogP contribution in [0.2, 0.25) is 5.02 Å². The number of hydrogen-bond acceptors (Lipinski definition) is 10. The first-order chi connectivity index (χ1) is 23.2. The van der Waals surface area contributed by atoms with Crippen LogP contribution in [0.4, 0.5) is 17.1 Å². The molecule has 2 aliphatic rings. The van der Waals surface area contributed by atoms with Crippen LogP contribution in [0.3, 0.4) is 0 Å². The molecule has 1 unspecified atom stereocenters. The van der Waals surface area contributed by atoms with Gasteiger partial charge in [-0.1, -0.05) is 23.2 Å². The standard InChI is InChI=1S/C34H33ClN6O6S/c1-48(43,44)41-11-7-22(8-12-41)14-33(42)40-30-16-27-29(17-32(30)47-26-9-13-45-21-26)38-19-23(18-36)34(27)39-24-5-6-31(28(35)15-24)46-20-25-4-2-3-10-37-25/h2-6,10,14-17,19,26H,7-9,11-13,20-21H2,1H3,(H,38,39)(H,40,42). The molecule has 1 atom stereocenters. The van der Waals surface area contributed by atoms with E-state index in [0.29, 0.717) is 90.1 Å². The van der Waals surface area contributed by atoms with E-state index < -0.39 is 10.0 Å². The van der Waals surface area contributed by atoms with Crippen molar-refractivity contribution in [1.29, 1.82) is 5.26 Å². The largest absolute Gasteiger partial charge is 0.486 e. The number of carbonyl (C=O) groups is 1. The number of anilines is 3. The third-order valence-corrected chi connectivity index (χ3v) is 9.60. The van der Waals surface area contributed by atoms with Crippen LogP contribution in [-0.2, 0) is 26.2 Å². The van der Waals surface area contributed by atoms with Crippen molar-refractivity contribution in [3.63, 3.8) is 0 Å². The van der Waals surface area contributed by atoms with Gasteiger partial charge < -0.3 is 24.8 Å². The third-order valence-electron chi connectivity index (χ3n) is 8.00. The molecule has 2 aromatic heterocycles. The number of benzene rings is 2. The predicted octanol–water partition coefficient (Wildman–Crippen LogP) is 5.57. The summed E-state index contributed by atoms with van der Waals surface area (Å²) >= 11 is 6.57. The van der Waals surface area contributed by atoms with Crippen molar-refractivity contribution in [2.24, 2.45) is 0 Å². The Labute approximate surface area is 283 Å². The van der Waals surface area contributed by atoms with Crippen LogP contribution in [0.25, 0.3) is 10.9 Å². The molecule has 6 rings (SSSR count). The highest BCUT2D eigenvalue weighted by atomic mass is 35.5. The van der Waals surface area contributed by atoms with E-state index in [9.17, 15) is 18.5 Å². The van der Waals surface area contributed by atoms with Gasteiger partial charge in [0.15, 0.2) is 0 Å². The molecule has 4 aromatic rings. The fourth-order valence-electron chi connectivity index (χ4n) is 5.50. The number of carbonyl (C=O) groups excluding carboxylic acids is 1. The molecule has 248 valence electrons. The average molecular weight is 689 g/mol. The molecule has 2 aromatic carbocycles. The van der Waals surface area contributed by atoms with Crippen molar-refractivity contribution in [1.82, 2.24) is 14.3 Å². The van der Waals surface area contributed by atoms with E-state index in [0.717, 1.165) is 11.3 Å². The van der Waals surface area contributed by atoms with Gasteiger partial charge in [0.1, 0.15) is 30.3 Å². The number of rotatable bonds is 10. The highest BCUT2D eigenvalue weighted by Crippen LogP contribution is 2.38. The van der Waals surface area contributed by atoms with Gasteiger partial charge in [-0.25, -0.2) is 12.7 Å². The summed E-state index contributed by atoms with van der Waals surface area (Å²) in [6, 6.07) is 16.4. The molecule has 2 saturated heterocycles. The quantitative estimate of drug-likeness (QED) is 0.202. The molecular weight excluding hydrogens is 656 g/mol. The van der Waals surface area contributed by atoms with Crippen molar-refractivity contribution >= 4 is 55.5 Å². The monoisotopic (exact) mass is 688 g/mol. The number of ether oxygens (including phenoxy) is 3. The average Bonchev–Trinajstić information content (AvgIpc) is 3.58. The van der Waals surface area contributed by atoms with E-state index in [1.54, 1.807) is 36.5 Å². The number of piperidine rings is 1. The number of nitrogens with one attached hydrogen (secondary N) is 2. The topological polar surface area (TPSA) is 156 Å². The SMILES string of the molecule is CS(=O)(=O)N1CCC(=CC(=O)Nc2cc3c(Nc4ccc(OCc5ccccn5)c(Cl)c4)c(C#N)cnc3cc2OC2CCOC2)CC1. The summed E-state index contributed by atoms with van der Waals surface area (Å²) in [6.45, 7) is 1.89. The molecule has 12 nitrogen and oxygen atoms in total. The number of fused-ring (bicyclic) bond motifs is 1. The fourth-order valence-corrected chi connectivity index (χ4v) is 6.58. The lowest BCUT2D eigenvalue weighted by Gasteiger charge is -2.26. The number of pyridine rings is 2. The molecule has 0 bridgehead atoms. The van der Waals surface area contributed by atoms with Gasteiger partial charge in [-0.15, -0.1) is 0 Å². The summed E-state index contributed by atoms with van der Waals surface area (Å²) in [5, 5.41) is 17.2. The van der Waals surface area contributed by atoms with E-state index in [-0.39, 0.29) is 24.2 Å². The number of sulfonamides is 1. The second kappa shape index (κ2) is 14.6. The maximum atomic E-state index is 13.3. The van der Waals surface area contributed by atoms with Crippen molar-refractivity contribution < 1.29 is 27.4 Å². The minimum atomic E-state index is -3.29. The zero-order valence-electron chi connectivity index (χ0n) is 26.1. The van der Waals surface area contributed by atoms with Gasteiger partial charge in [0, 0.05) is 55.1 Å². The van der Waals surface area contributed by atoms with Gasteiger partial charge >= 0.3 is 0 Å². The highest BCUT2D eigenvalue weighted by molar-refractivity contribution is 7.88. The van der Waals surface area contributed by atoms with Crippen LogP contribution >= 0.6 is 11.6 Å². The predicted molar refractivity (Wildman–Crippen MR) is 182 cm³/mol. The number of halogens is 1. The van der Waals surface area contributed by atoms with Gasteiger partial charge in [-0.05, 0) is 49.2 Å². The number of nitriles is 1. The summed E-state index contributed by atoms with van der Waals surface area (Å²) in [4.78, 5) is 22.1. The molecule has 2 fully saturated rings. The Kier molecular flexibility index (Phi) is 10.1. The van der Waals surface area contributed by atoms with Gasteiger partial charge in [-0.3, -0.25) is 14.8 Å². The first-order valence-electron chi connectivity index (χ1n) is 15.3. The molecule has 2 aliphatic heterocycles. The van der Waals surface area contributed by atoms with Crippen LogP contribution in [0.15, 0.2) is 72.6 Å². The van der Waals surface area contributed by atoms with Crippen LogP contribution in [0, 0.1) is 11.3 Å². The normalized spacial score (nSPS) is 16.7. The smallest absolute Gasteiger partial charge is 0.248 e. The second-order valence-electron chi connectivity index (χ2n) is 11.5. The molecule has 48 heavy (non-hydrogen) atoms. The number of hydrogen-bond donors (Lipinski definition) is 2. The zero-order chi connectivity index (χ0) is 33.7. The Morgan fingerprint density at radius 2 is 2.00 bits per heavy atom. The van der Waals surface area contributed by atoms with Crippen LogP contribution < -0.4 is 20.1 Å². The lowest BCUT2D eigenvalue weighted by molar-refractivity contribution is -0.112. The Bertz CT molecular complexity index is 2000. The van der Waals surface area contributed by atoms with E-state index >= 15 is 0 Å². The molecule has 0 radical (unpaired) electrons. The maximum absolute atomic E-state index is 13.3.